The van der Waals surface area contributed by atoms with Gasteiger partial charge in [-0.1, -0.05) is 20.8 Å². The van der Waals surface area contributed by atoms with Crippen LogP contribution >= 0.6 is 0 Å². The molecule has 0 amide bonds. The predicted octanol–water partition coefficient (Wildman–Crippen LogP) is 3.66. The fourth-order valence-corrected chi connectivity index (χ4v) is 4.02. The second kappa shape index (κ2) is 5.14. The van der Waals surface area contributed by atoms with Crippen LogP contribution in [-0.2, 0) is 9.22 Å². The average Bonchev–Trinajstić information content (AvgIpc) is 2.59. The first-order chi connectivity index (χ1) is 8.16. The number of aldehydes is 1. The average molecular weight is 267 g/mol. The molecule has 0 heterocycles. The molecule has 2 atom stereocenters. The fraction of sp³-hybridized carbons (Fsp3) is 0.857. The molecule has 4 heteroatoms. The third-order valence-corrected chi connectivity index (χ3v) is 9.04. The monoisotopic (exact) mass is 267 g/mol. The number of hydrogen-bond acceptors (Lipinski definition) is 3. The van der Waals surface area contributed by atoms with E-state index in [0.29, 0.717) is 6.42 Å². The first kappa shape index (κ1) is 15.4. The van der Waals surface area contributed by atoms with Gasteiger partial charge in [-0.25, -0.2) is 0 Å². The molecule has 0 aromatic carbocycles. The van der Waals surface area contributed by atoms with Crippen molar-refractivity contribution in [2.75, 3.05) is 0 Å². The Hall–Kier alpha value is -0.663. The number of carbonyl (C=O) groups is 1. The van der Waals surface area contributed by atoms with E-state index >= 15 is 0 Å². The largest absolute Gasteiger partial charge is 0.411 e. The highest BCUT2D eigenvalue weighted by Gasteiger charge is 2.48. The molecule has 1 saturated carbocycles. The van der Waals surface area contributed by atoms with E-state index in [1.807, 2.05) is 0 Å². The molecule has 18 heavy (non-hydrogen) atoms. The molecule has 0 unspecified atom stereocenters. The van der Waals surface area contributed by atoms with Crippen molar-refractivity contribution in [3.05, 3.63) is 0 Å². The quantitative estimate of drug-likeness (QED) is 0.577. The van der Waals surface area contributed by atoms with E-state index in [2.05, 4.69) is 39.9 Å². The van der Waals surface area contributed by atoms with Gasteiger partial charge in [0.25, 0.3) is 0 Å². The summed E-state index contributed by atoms with van der Waals surface area (Å²) < 4.78 is 6.48. The highest BCUT2D eigenvalue weighted by molar-refractivity contribution is 6.74. The minimum atomic E-state index is -1.89. The van der Waals surface area contributed by atoms with E-state index in [4.69, 9.17) is 9.69 Å². The zero-order valence-electron chi connectivity index (χ0n) is 12.2. The zero-order chi connectivity index (χ0) is 14.0. The molecule has 0 radical (unpaired) electrons. The summed E-state index contributed by atoms with van der Waals surface area (Å²) in [4.78, 5) is 10.9. The molecule has 0 spiro atoms. The Balaban J connectivity index is 2.89. The lowest BCUT2D eigenvalue weighted by Crippen LogP contribution is -2.49. The van der Waals surface area contributed by atoms with Crippen LogP contribution in [0.5, 0.6) is 0 Å². The van der Waals surface area contributed by atoms with Crippen LogP contribution in [0.25, 0.3) is 0 Å². The van der Waals surface area contributed by atoms with Gasteiger partial charge < -0.3 is 9.22 Å². The summed E-state index contributed by atoms with van der Waals surface area (Å²) in [5, 5.41) is 9.17. The Morgan fingerprint density at radius 2 is 2.11 bits per heavy atom. The van der Waals surface area contributed by atoms with Crippen LogP contribution in [0, 0.1) is 17.2 Å². The number of rotatable bonds is 4. The van der Waals surface area contributed by atoms with Crippen molar-refractivity contribution >= 4 is 14.6 Å². The lowest BCUT2D eigenvalue weighted by Gasteiger charge is -2.43. The molecule has 0 bridgehead atoms. The standard InChI is InChI=1S/C14H25NO2Si/c1-13(2,3)18(4,5)17-14(8-9-16)7-6-12(10-14)11-15/h9,12H,6-8,10H2,1-5H3/t12-,14-/m1/s1. The van der Waals surface area contributed by atoms with Gasteiger partial charge in [-0.05, 0) is 37.4 Å². The Labute approximate surface area is 112 Å². The lowest BCUT2D eigenvalue weighted by molar-refractivity contribution is -0.111. The smallest absolute Gasteiger partial charge is 0.192 e. The third kappa shape index (κ3) is 3.21. The van der Waals surface area contributed by atoms with E-state index < -0.39 is 8.32 Å². The van der Waals surface area contributed by atoms with Crippen molar-refractivity contribution in [2.24, 2.45) is 5.92 Å². The highest BCUT2D eigenvalue weighted by Crippen LogP contribution is 2.46. The number of hydrogen-bond donors (Lipinski definition) is 0. The summed E-state index contributed by atoms with van der Waals surface area (Å²) in [6, 6.07) is 2.32. The van der Waals surface area contributed by atoms with E-state index in [0.717, 1.165) is 25.5 Å². The van der Waals surface area contributed by atoms with Gasteiger partial charge in [0.2, 0.25) is 0 Å². The van der Waals surface area contributed by atoms with Crippen LogP contribution in [0.2, 0.25) is 18.1 Å². The number of nitriles is 1. The van der Waals surface area contributed by atoms with E-state index in [1.165, 1.54) is 0 Å². The molecule has 1 fully saturated rings. The summed E-state index contributed by atoms with van der Waals surface area (Å²) in [7, 11) is -1.89. The maximum atomic E-state index is 10.9. The van der Waals surface area contributed by atoms with Crippen molar-refractivity contribution in [3.63, 3.8) is 0 Å². The zero-order valence-corrected chi connectivity index (χ0v) is 13.2. The second-order valence-corrected chi connectivity index (χ2v) is 11.7. The minimum Gasteiger partial charge on any atom is -0.411 e. The molecule has 0 saturated heterocycles. The van der Waals surface area contributed by atoms with Gasteiger partial charge in [-0.15, -0.1) is 0 Å². The van der Waals surface area contributed by atoms with Crippen molar-refractivity contribution < 1.29 is 9.22 Å². The van der Waals surface area contributed by atoms with Gasteiger partial charge in [-0.3, -0.25) is 0 Å². The molecule has 3 nitrogen and oxygen atoms in total. The summed E-state index contributed by atoms with van der Waals surface area (Å²) in [5.41, 5.74) is -0.370. The molecule has 0 aromatic rings. The first-order valence-electron chi connectivity index (χ1n) is 6.69. The van der Waals surface area contributed by atoms with Gasteiger partial charge in [0.1, 0.15) is 6.29 Å². The summed E-state index contributed by atoms with van der Waals surface area (Å²) >= 11 is 0. The molecule has 0 N–H and O–H groups in total. The van der Waals surface area contributed by atoms with Crippen LogP contribution < -0.4 is 0 Å². The van der Waals surface area contributed by atoms with Crippen molar-refractivity contribution in [3.8, 4) is 6.07 Å². The minimum absolute atomic E-state index is 0.0507. The van der Waals surface area contributed by atoms with Crippen molar-refractivity contribution in [2.45, 2.75) is 70.2 Å². The normalized spacial score (nSPS) is 29.0. The van der Waals surface area contributed by atoms with E-state index in [9.17, 15) is 4.79 Å². The number of nitrogens with zero attached hydrogens (tertiary/aromatic N) is 1. The van der Waals surface area contributed by atoms with Gasteiger partial charge in [0.05, 0.1) is 11.7 Å². The SMILES string of the molecule is CC(C)(C)[Si](C)(C)O[C@@]1(CC=O)CC[C@@H](C#N)C1. The van der Waals surface area contributed by atoms with Gasteiger partial charge in [-0.2, -0.15) is 5.26 Å². The fourth-order valence-electron chi connectivity index (χ4n) is 2.37. The van der Waals surface area contributed by atoms with Crippen LogP contribution in [0.4, 0.5) is 0 Å². The maximum absolute atomic E-state index is 10.9. The van der Waals surface area contributed by atoms with E-state index in [-0.39, 0.29) is 16.6 Å². The highest BCUT2D eigenvalue weighted by atomic mass is 28.4. The number of carbonyl (C=O) groups excluding carboxylic acids is 1. The third-order valence-electron chi connectivity index (χ3n) is 4.48. The molecular weight excluding hydrogens is 242 g/mol. The lowest BCUT2D eigenvalue weighted by atomic mass is 9.97. The molecule has 0 aliphatic heterocycles. The Kier molecular flexibility index (Phi) is 4.40. The summed E-state index contributed by atoms with van der Waals surface area (Å²) in [5.74, 6) is 0.0507. The first-order valence-corrected chi connectivity index (χ1v) is 9.60. The van der Waals surface area contributed by atoms with Crippen molar-refractivity contribution in [1.29, 1.82) is 5.26 Å². The maximum Gasteiger partial charge on any atom is 0.192 e. The van der Waals surface area contributed by atoms with Gasteiger partial charge in [0.15, 0.2) is 8.32 Å². The second-order valence-electron chi connectivity index (χ2n) is 6.98. The molecule has 0 aromatic heterocycles. The molecule has 102 valence electrons. The molecule has 1 aliphatic carbocycles. The van der Waals surface area contributed by atoms with E-state index in [1.54, 1.807) is 0 Å². The van der Waals surface area contributed by atoms with Gasteiger partial charge in [0, 0.05) is 12.3 Å². The van der Waals surface area contributed by atoms with Gasteiger partial charge >= 0.3 is 0 Å². The predicted molar refractivity (Wildman–Crippen MR) is 74.6 cm³/mol. The topological polar surface area (TPSA) is 50.1 Å². The van der Waals surface area contributed by atoms with Crippen LogP contribution in [0.3, 0.4) is 0 Å². The Bertz CT molecular complexity index is 354. The Morgan fingerprint density at radius 1 is 1.50 bits per heavy atom. The molecule has 1 aliphatic rings. The van der Waals surface area contributed by atoms with Crippen LogP contribution in [-0.4, -0.2) is 20.2 Å². The molecule has 1 rings (SSSR count). The molecular formula is C14H25NO2Si. The summed E-state index contributed by atoms with van der Waals surface area (Å²) in [6.45, 7) is 11.0. The van der Waals surface area contributed by atoms with Crippen LogP contribution in [0.15, 0.2) is 0 Å². The van der Waals surface area contributed by atoms with Crippen molar-refractivity contribution in [1.82, 2.24) is 0 Å². The summed E-state index contributed by atoms with van der Waals surface area (Å²) in [6.07, 6.45) is 3.80. The van der Waals surface area contributed by atoms with Crippen LogP contribution in [0.1, 0.15) is 46.5 Å². The Morgan fingerprint density at radius 3 is 2.50 bits per heavy atom.